The monoisotopic (exact) mass is 364 g/mol. The minimum absolute atomic E-state index is 0.0941. The van der Waals surface area contributed by atoms with E-state index in [4.69, 9.17) is 4.74 Å². The molecule has 1 aliphatic rings. The van der Waals surface area contributed by atoms with Crippen LogP contribution in [-0.2, 0) is 4.74 Å². The van der Waals surface area contributed by atoms with Crippen LogP contribution >= 0.6 is 0 Å². The van der Waals surface area contributed by atoms with E-state index < -0.39 is 0 Å². The quantitative estimate of drug-likeness (QED) is 0.742. The first-order valence-corrected chi connectivity index (χ1v) is 9.72. The molecule has 0 unspecified atom stereocenters. The summed E-state index contributed by atoms with van der Waals surface area (Å²) in [6.07, 6.45) is 5.08. The van der Waals surface area contributed by atoms with E-state index in [1.165, 1.54) is 0 Å². The molecule has 0 bridgehead atoms. The smallest absolute Gasteiger partial charge is 0.256 e. The van der Waals surface area contributed by atoms with E-state index in [1.807, 2.05) is 47.4 Å². The largest absolute Gasteiger partial charge is 0.378 e. The van der Waals surface area contributed by atoms with Crippen LogP contribution in [0.4, 0.5) is 5.69 Å². The number of hydrogen-bond acceptors (Lipinski definition) is 3. The predicted octanol–water partition coefficient (Wildman–Crippen LogP) is 4.09. The number of ether oxygens (including phenoxy) is 1. The molecule has 0 radical (unpaired) electrons. The summed E-state index contributed by atoms with van der Waals surface area (Å²) in [4.78, 5) is 17.5. The van der Waals surface area contributed by atoms with Gasteiger partial charge < -0.3 is 14.5 Å². The van der Waals surface area contributed by atoms with Crippen LogP contribution in [-0.4, -0.2) is 50.2 Å². The molecule has 4 nitrogen and oxygen atoms in total. The summed E-state index contributed by atoms with van der Waals surface area (Å²) < 4.78 is 5.46. The van der Waals surface area contributed by atoms with Gasteiger partial charge in [-0.1, -0.05) is 61.5 Å². The minimum Gasteiger partial charge on any atom is -0.378 e. The molecular formula is C23H28N2O2. The Morgan fingerprint density at radius 2 is 1.78 bits per heavy atom. The SMILES string of the molecule is CCCN(C/C=C/c1ccccc1)C(=O)c1ccccc1N1CCOCC1. The van der Waals surface area contributed by atoms with Gasteiger partial charge in [-0.05, 0) is 24.1 Å². The summed E-state index contributed by atoms with van der Waals surface area (Å²) in [6.45, 7) is 6.53. The van der Waals surface area contributed by atoms with E-state index in [1.54, 1.807) is 0 Å². The fourth-order valence-corrected chi connectivity index (χ4v) is 3.33. The summed E-state index contributed by atoms with van der Waals surface area (Å²) in [5.74, 6) is 0.0941. The van der Waals surface area contributed by atoms with Gasteiger partial charge in [0, 0.05) is 31.9 Å². The van der Waals surface area contributed by atoms with Gasteiger partial charge in [-0.3, -0.25) is 4.79 Å². The molecule has 1 heterocycles. The van der Waals surface area contributed by atoms with Crippen molar-refractivity contribution in [2.24, 2.45) is 0 Å². The molecule has 0 saturated carbocycles. The van der Waals surface area contributed by atoms with Crippen molar-refractivity contribution in [2.75, 3.05) is 44.3 Å². The Labute approximate surface area is 162 Å². The molecule has 0 atom stereocenters. The van der Waals surface area contributed by atoms with Gasteiger partial charge in [0.1, 0.15) is 0 Å². The molecular weight excluding hydrogens is 336 g/mol. The fraction of sp³-hybridized carbons (Fsp3) is 0.348. The summed E-state index contributed by atoms with van der Waals surface area (Å²) in [5.41, 5.74) is 2.94. The third kappa shape index (κ3) is 5.20. The number of rotatable bonds is 7. The van der Waals surface area contributed by atoms with Crippen molar-refractivity contribution in [3.05, 3.63) is 71.8 Å². The van der Waals surface area contributed by atoms with Crippen molar-refractivity contribution in [3.63, 3.8) is 0 Å². The molecule has 2 aromatic carbocycles. The van der Waals surface area contributed by atoms with Crippen molar-refractivity contribution in [2.45, 2.75) is 13.3 Å². The number of morpholine rings is 1. The Kier molecular flexibility index (Phi) is 7.05. The number of para-hydroxylation sites is 1. The van der Waals surface area contributed by atoms with Crippen LogP contribution in [0, 0.1) is 0 Å². The average Bonchev–Trinajstić information content (AvgIpc) is 2.74. The molecule has 1 amide bonds. The number of amides is 1. The Morgan fingerprint density at radius 3 is 2.52 bits per heavy atom. The topological polar surface area (TPSA) is 32.8 Å². The first-order valence-electron chi connectivity index (χ1n) is 9.72. The van der Waals surface area contributed by atoms with Crippen molar-refractivity contribution in [3.8, 4) is 0 Å². The minimum atomic E-state index is 0.0941. The standard InChI is InChI=1S/C23H28N2O2/c1-2-14-25(15-8-11-20-9-4-3-5-10-20)23(26)21-12-6-7-13-22(21)24-16-18-27-19-17-24/h3-13H,2,14-19H2,1H3/b11-8+. The molecule has 3 rings (SSSR count). The first-order chi connectivity index (χ1) is 13.3. The number of benzene rings is 2. The molecule has 1 saturated heterocycles. The number of anilines is 1. The van der Waals surface area contributed by atoms with Crippen LogP contribution in [0.5, 0.6) is 0 Å². The Bertz CT molecular complexity index is 752. The highest BCUT2D eigenvalue weighted by atomic mass is 16.5. The normalized spacial score (nSPS) is 14.5. The second-order valence-corrected chi connectivity index (χ2v) is 6.68. The molecule has 0 spiro atoms. The summed E-state index contributed by atoms with van der Waals surface area (Å²) in [7, 11) is 0. The fourth-order valence-electron chi connectivity index (χ4n) is 3.33. The molecule has 0 aliphatic carbocycles. The summed E-state index contributed by atoms with van der Waals surface area (Å²) >= 11 is 0. The van der Waals surface area contributed by atoms with Gasteiger partial charge in [-0.25, -0.2) is 0 Å². The van der Waals surface area contributed by atoms with E-state index in [2.05, 4.69) is 36.1 Å². The number of carbonyl (C=O) groups excluding carboxylic acids is 1. The van der Waals surface area contributed by atoms with Gasteiger partial charge in [-0.2, -0.15) is 0 Å². The highest BCUT2D eigenvalue weighted by Crippen LogP contribution is 2.23. The Balaban J connectivity index is 1.75. The highest BCUT2D eigenvalue weighted by Gasteiger charge is 2.21. The number of carbonyl (C=O) groups is 1. The molecule has 2 aromatic rings. The third-order valence-corrected chi connectivity index (χ3v) is 4.70. The van der Waals surface area contributed by atoms with Crippen molar-refractivity contribution >= 4 is 17.7 Å². The Morgan fingerprint density at radius 1 is 1.07 bits per heavy atom. The molecule has 27 heavy (non-hydrogen) atoms. The van der Waals surface area contributed by atoms with Crippen molar-refractivity contribution in [1.29, 1.82) is 0 Å². The number of nitrogens with zero attached hydrogens (tertiary/aromatic N) is 2. The van der Waals surface area contributed by atoms with Gasteiger partial charge in [0.2, 0.25) is 0 Å². The second-order valence-electron chi connectivity index (χ2n) is 6.68. The van der Waals surface area contributed by atoms with Crippen LogP contribution < -0.4 is 4.90 Å². The van der Waals surface area contributed by atoms with E-state index in [0.29, 0.717) is 19.8 Å². The van der Waals surface area contributed by atoms with E-state index in [-0.39, 0.29) is 5.91 Å². The van der Waals surface area contributed by atoms with Crippen LogP contribution in [0.15, 0.2) is 60.7 Å². The van der Waals surface area contributed by atoms with E-state index in [0.717, 1.165) is 42.9 Å². The van der Waals surface area contributed by atoms with E-state index >= 15 is 0 Å². The highest BCUT2D eigenvalue weighted by molar-refractivity contribution is 6.00. The molecule has 1 fully saturated rings. The van der Waals surface area contributed by atoms with Crippen LogP contribution in [0.25, 0.3) is 6.08 Å². The zero-order valence-corrected chi connectivity index (χ0v) is 16.0. The lowest BCUT2D eigenvalue weighted by Gasteiger charge is -2.31. The number of hydrogen-bond donors (Lipinski definition) is 0. The molecule has 142 valence electrons. The van der Waals surface area contributed by atoms with Crippen LogP contribution in [0.2, 0.25) is 0 Å². The zero-order chi connectivity index (χ0) is 18.9. The van der Waals surface area contributed by atoms with Gasteiger partial charge >= 0.3 is 0 Å². The average molecular weight is 364 g/mol. The predicted molar refractivity (Wildman–Crippen MR) is 111 cm³/mol. The maximum Gasteiger partial charge on any atom is 0.256 e. The lowest BCUT2D eigenvalue weighted by Crippen LogP contribution is -2.39. The molecule has 4 heteroatoms. The lowest BCUT2D eigenvalue weighted by molar-refractivity contribution is 0.0773. The van der Waals surface area contributed by atoms with Gasteiger partial charge in [-0.15, -0.1) is 0 Å². The van der Waals surface area contributed by atoms with E-state index in [9.17, 15) is 4.79 Å². The second kappa shape index (κ2) is 9.93. The Hall–Kier alpha value is -2.59. The van der Waals surface area contributed by atoms with Gasteiger partial charge in [0.25, 0.3) is 5.91 Å². The first kappa shape index (κ1) is 19.2. The molecule has 1 aliphatic heterocycles. The zero-order valence-electron chi connectivity index (χ0n) is 16.0. The third-order valence-electron chi connectivity index (χ3n) is 4.70. The van der Waals surface area contributed by atoms with Gasteiger partial charge in [0.05, 0.1) is 18.8 Å². The van der Waals surface area contributed by atoms with Gasteiger partial charge in [0.15, 0.2) is 0 Å². The van der Waals surface area contributed by atoms with Crippen molar-refractivity contribution in [1.82, 2.24) is 4.90 Å². The summed E-state index contributed by atoms with van der Waals surface area (Å²) in [5, 5.41) is 0. The maximum absolute atomic E-state index is 13.3. The van der Waals surface area contributed by atoms with Crippen molar-refractivity contribution < 1.29 is 9.53 Å². The molecule has 0 N–H and O–H groups in total. The summed E-state index contributed by atoms with van der Waals surface area (Å²) in [6, 6.07) is 18.1. The van der Waals surface area contributed by atoms with Crippen LogP contribution in [0.3, 0.4) is 0 Å². The lowest BCUT2D eigenvalue weighted by atomic mass is 10.1. The molecule has 0 aromatic heterocycles. The van der Waals surface area contributed by atoms with Crippen LogP contribution in [0.1, 0.15) is 29.3 Å². The maximum atomic E-state index is 13.3.